The Kier molecular flexibility index (Phi) is 7.06. The van der Waals surface area contributed by atoms with Crippen LogP contribution in [0.3, 0.4) is 0 Å². The molecular weight excluding hydrogens is 498 g/mol. The van der Waals surface area contributed by atoms with Gasteiger partial charge in [-0.15, -0.1) is 0 Å². The van der Waals surface area contributed by atoms with E-state index in [1.807, 2.05) is 24.3 Å². The predicted molar refractivity (Wildman–Crippen MR) is 154 cm³/mol. The lowest BCUT2D eigenvalue weighted by atomic mass is 10.1. The number of non-ortho nitro benzene ring substituents is 2. The summed E-state index contributed by atoms with van der Waals surface area (Å²) >= 11 is 1.72. The van der Waals surface area contributed by atoms with Crippen LogP contribution in [0.4, 0.5) is 22.7 Å². The van der Waals surface area contributed by atoms with Crippen LogP contribution in [0.15, 0.2) is 94.7 Å². The molecule has 0 saturated heterocycles. The molecule has 7 nitrogen and oxygen atoms in total. The summed E-state index contributed by atoms with van der Waals surface area (Å²) in [5, 5.41) is 21.8. The number of benzene rings is 4. The smallest absolute Gasteiger partial charge is 0.269 e. The van der Waals surface area contributed by atoms with Crippen molar-refractivity contribution >= 4 is 58.8 Å². The first-order chi connectivity index (χ1) is 18.4. The van der Waals surface area contributed by atoms with E-state index in [1.165, 1.54) is 24.3 Å². The van der Waals surface area contributed by atoms with E-state index in [-0.39, 0.29) is 11.4 Å². The highest BCUT2D eigenvalue weighted by molar-refractivity contribution is 7.99. The number of hydrogen-bond donors (Lipinski definition) is 0. The molecule has 5 rings (SSSR count). The minimum absolute atomic E-state index is 0.0765. The monoisotopic (exact) mass is 521 g/mol. The maximum Gasteiger partial charge on any atom is 0.269 e. The number of nitro groups is 2. The Hall–Kier alpha value is -4.69. The van der Waals surface area contributed by atoms with Crippen molar-refractivity contribution in [2.45, 2.75) is 16.7 Å². The molecule has 0 amide bonds. The lowest BCUT2D eigenvalue weighted by Gasteiger charge is -2.32. The van der Waals surface area contributed by atoms with Gasteiger partial charge in [-0.1, -0.05) is 48.2 Å². The molecule has 0 saturated carbocycles. The highest BCUT2D eigenvalue weighted by atomic mass is 32.2. The quantitative estimate of drug-likeness (QED) is 0.138. The van der Waals surface area contributed by atoms with E-state index in [0.29, 0.717) is 0 Å². The fourth-order valence-electron chi connectivity index (χ4n) is 4.27. The number of rotatable bonds is 7. The molecule has 0 aliphatic carbocycles. The van der Waals surface area contributed by atoms with E-state index in [0.717, 1.165) is 50.0 Å². The molecular formula is C30H23N3O4S. The Bertz CT molecular complexity index is 1460. The van der Waals surface area contributed by atoms with Gasteiger partial charge in [0.2, 0.25) is 0 Å². The van der Waals surface area contributed by atoms with Crippen LogP contribution < -0.4 is 4.90 Å². The van der Waals surface area contributed by atoms with E-state index in [2.05, 4.69) is 48.2 Å². The maximum atomic E-state index is 10.9. The average molecular weight is 522 g/mol. The second kappa shape index (κ2) is 10.7. The van der Waals surface area contributed by atoms with Crippen molar-refractivity contribution < 1.29 is 9.85 Å². The summed E-state index contributed by atoms with van der Waals surface area (Å²) in [7, 11) is 0. The number of nitrogens with zero attached hydrogens (tertiary/aromatic N) is 3. The maximum absolute atomic E-state index is 10.9. The Balaban J connectivity index is 1.37. The fraction of sp³-hybridized carbons (Fsp3) is 0.0667. The van der Waals surface area contributed by atoms with Gasteiger partial charge >= 0.3 is 0 Å². The summed E-state index contributed by atoms with van der Waals surface area (Å²) in [6, 6.07) is 25.7. The lowest BCUT2D eigenvalue weighted by Crippen LogP contribution is -2.20. The van der Waals surface area contributed by atoms with E-state index < -0.39 is 9.85 Å². The molecule has 1 heterocycles. The molecule has 1 aliphatic rings. The summed E-state index contributed by atoms with van der Waals surface area (Å²) in [5.74, 6) is 0. The van der Waals surface area contributed by atoms with Crippen molar-refractivity contribution in [1.29, 1.82) is 0 Å². The van der Waals surface area contributed by atoms with Crippen LogP contribution in [0.25, 0.3) is 24.3 Å². The second-order valence-electron chi connectivity index (χ2n) is 8.66. The largest absolute Gasteiger partial charge is 0.340 e. The zero-order valence-corrected chi connectivity index (χ0v) is 21.3. The molecule has 0 atom stereocenters. The molecule has 1 aliphatic heterocycles. The van der Waals surface area contributed by atoms with Crippen molar-refractivity contribution in [3.8, 4) is 0 Å². The van der Waals surface area contributed by atoms with E-state index in [9.17, 15) is 20.2 Å². The first-order valence-electron chi connectivity index (χ1n) is 12.0. The average Bonchev–Trinajstić information content (AvgIpc) is 2.93. The third-order valence-electron chi connectivity index (χ3n) is 6.23. The molecule has 0 fully saturated rings. The van der Waals surface area contributed by atoms with Crippen LogP contribution in [0, 0.1) is 20.2 Å². The second-order valence-corrected chi connectivity index (χ2v) is 9.75. The predicted octanol–water partition coefficient (Wildman–Crippen LogP) is 8.47. The van der Waals surface area contributed by atoms with E-state index in [4.69, 9.17) is 0 Å². The van der Waals surface area contributed by atoms with Gasteiger partial charge in [-0.05, 0) is 77.7 Å². The molecule has 4 aromatic rings. The number of fused-ring (bicyclic) bond motifs is 2. The Morgan fingerprint density at radius 3 is 1.37 bits per heavy atom. The summed E-state index contributed by atoms with van der Waals surface area (Å²) in [6.07, 6.45) is 7.92. The van der Waals surface area contributed by atoms with E-state index in [1.54, 1.807) is 36.0 Å². The summed E-state index contributed by atoms with van der Waals surface area (Å²) in [6.45, 7) is 2.96. The SMILES string of the molecule is CCN1c2ccc(C=Cc3ccc([N+](=O)[O-])cc3)cc2Sc2cc(C=Cc3ccc([N+](=O)[O-])cc3)ccc21. The Labute approximate surface area is 224 Å². The zero-order valence-electron chi connectivity index (χ0n) is 20.5. The van der Waals surface area contributed by atoms with Gasteiger partial charge in [0.15, 0.2) is 0 Å². The van der Waals surface area contributed by atoms with Gasteiger partial charge in [0, 0.05) is 40.6 Å². The number of nitro benzene ring substituents is 2. The van der Waals surface area contributed by atoms with Gasteiger partial charge in [-0.2, -0.15) is 0 Å². The van der Waals surface area contributed by atoms with Crippen molar-refractivity contribution in [1.82, 2.24) is 0 Å². The van der Waals surface area contributed by atoms with Crippen molar-refractivity contribution in [3.05, 3.63) is 127 Å². The first kappa shape index (κ1) is 25.0. The molecule has 0 aromatic heterocycles. The van der Waals surface area contributed by atoms with Gasteiger partial charge in [0.1, 0.15) is 0 Å². The topological polar surface area (TPSA) is 89.5 Å². The van der Waals surface area contributed by atoms with Gasteiger partial charge in [-0.3, -0.25) is 20.2 Å². The third-order valence-corrected chi connectivity index (χ3v) is 7.32. The lowest BCUT2D eigenvalue weighted by molar-refractivity contribution is -0.385. The molecule has 38 heavy (non-hydrogen) atoms. The first-order valence-corrected chi connectivity index (χ1v) is 12.8. The van der Waals surface area contributed by atoms with Crippen LogP contribution in [0.1, 0.15) is 29.2 Å². The molecule has 0 N–H and O–H groups in total. The van der Waals surface area contributed by atoms with E-state index >= 15 is 0 Å². The third kappa shape index (κ3) is 5.35. The van der Waals surface area contributed by atoms with Crippen molar-refractivity contribution in [3.63, 3.8) is 0 Å². The standard InChI is InChI=1S/C30H23N3O4S/c1-2-31-27-17-11-23(5-3-21-7-13-25(14-8-21)32(34)35)19-29(27)38-30-20-24(12-18-28(30)31)6-4-22-9-15-26(16-10-22)33(36)37/h3-20H,2H2,1H3. The molecule has 188 valence electrons. The molecule has 0 bridgehead atoms. The van der Waals surface area contributed by atoms with Crippen LogP contribution in [-0.4, -0.2) is 16.4 Å². The van der Waals surface area contributed by atoms with Gasteiger partial charge in [0.05, 0.1) is 21.2 Å². The van der Waals surface area contributed by atoms with Crippen LogP contribution in [0.2, 0.25) is 0 Å². The minimum Gasteiger partial charge on any atom is -0.340 e. The summed E-state index contributed by atoms with van der Waals surface area (Å²) in [5.41, 5.74) is 6.35. The van der Waals surface area contributed by atoms with Crippen LogP contribution in [0.5, 0.6) is 0 Å². The van der Waals surface area contributed by atoms with Gasteiger partial charge in [-0.25, -0.2) is 0 Å². The van der Waals surface area contributed by atoms with Gasteiger partial charge in [0.25, 0.3) is 11.4 Å². The molecule has 0 spiro atoms. The molecule has 0 unspecified atom stereocenters. The van der Waals surface area contributed by atoms with Crippen LogP contribution >= 0.6 is 11.8 Å². The fourth-order valence-corrected chi connectivity index (χ4v) is 5.46. The normalized spacial score (nSPS) is 12.5. The molecule has 8 heteroatoms. The number of hydrogen-bond acceptors (Lipinski definition) is 6. The van der Waals surface area contributed by atoms with Crippen LogP contribution in [-0.2, 0) is 0 Å². The molecule has 4 aromatic carbocycles. The van der Waals surface area contributed by atoms with Crippen molar-refractivity contribution in [2.24, 2.45) is 0 Å². The summed E-state index contributed by atoms with van der Waals surface area (Å²) < 4.78 is 0. The van der Waals surface area contributed by atoms with Gasteiger partial charge < -0.3 is 4.90 Å². The molecule has 0 radical (unpaired) electrons. The summed E-state index contributed by atoms with van der Waals surface area (Å²) in [4.78, 5) is 25.6. The minimum atomic E-state index is -0.400. The highest BCUT2D eigenvalue weighted by Crippen LogP contribution is 2.48. The zero-order chi connectivity index (χ0) is 26.6. The Morgan fingerprint density at radius 1 is 0.632 bits per heavy atom. The Morgan fingerprint density at radius 2 is 1.00 bits per heavy atom. The number of anilines is 2. The van der Waals surface area contributed by atoms with Crippen molar-refractivity contribution in [2.75, 3.05) is 11.4 Å². The highest BCUT2D eigenvalue weighted by Gasteiger charge is 2.22.